The number of aliphatic hydroxyl groups excluding tert-OH is 1. The van der Waals surface area contributed by atoms with Crippen molar-refractivity contribution in [2.75, 3.05) is 13.2 Å². The third kappa shape index (κ3) is 6.94. The van der Waals surface area contributed by atoms with Crippen molar-refractivity contribution in [3.05, 3.63) is 70.8 Å². The van der Waals surface area contributed by atoms with E-state index in [0.29, 0.717) is 30.8 Å². The summed E-state index contributed by atoms with van der Waals surface area (Å²) in [6.07, 6.45) is 1.42. The molecule has 0 aliphatic heterocycles. The number of nitrogens with one attached hydrogen (secondary N) is 1. The van der Waals surface area contributed by atoms with Gasteiger partial charge in [0.05, 0.1) is 18.3 Å². The van der Waals surface area contributed by atoms with Crippen LogP contribution < -0.4 is 15.8 Å². The number of carbonyl (C=O) groups excluding carboxylic acids is 1. The van der Waals surface area contributed by atoms with Crippen LogP contribution in [0.15, 0.2) is 43.0 Å². The zero-order chi connectivity index (χ0) is 23.0. The Morgan fingerprint density at radius 1 is 1.23 bits per heavy atom. The van der Waals surface area contributed by atoms with Gasteiger partial charge in [0.25, 0.3) is 5.91 Å². The van der Waals surface area contributed by atoms with Gasteiger partial charge in [-0.3, -0.25) is 4.79 Å². The third-order valence-electron chi connectivity index (χ3n) is 5.40. The molecule has 2 atom stereocenters. The predicted octanol–water partition coefficient (Wildman–Crippen LogP) is 4.56. The Morgan fingerprint density at radius 2 is 1.97 bits per heavy atom. The number of aryl methyl sites for hydroxylation is 2. The summed E-state index contributed by atoms with van der Waals surface area (Å²) in [6.45, 7) is 12.6. The normalized spacial score (nSPS) is 12.8. The minimum Gasteiger partial charge on any atom is -0.493 e. The number of allylic oxidation sites excluding steroid dienone is 1. The highest BCUT2D eigenvalue weighted by molar-refractivity contribution is 5.97. The molecule has 0 radical (unpaired) electrons. The van der Waals surface area contributed by atoms with E-state index in [0.717, 1.165) is 28.7 Å². The van der Waals surface area contributed by atoms with Gasteiger partial charge in [0.2, 0.25) is 0 Å². The molecule has 0 bridgehead atoms. The molecule has 0 aliphatic carbocycles. The number of rotatable bonds is 11. The van der Waals surface area contributed by atoms with Crippen LogP contribution in [0.5, 0.6) is 5.75 Å². The van der Waals surface area contributed by atoms with Crippen molar-refractivity contribution in [2.24, 2.45) is 5.73 Å². The molecular weight excluding hydrogens is 388 g/mol. The average molecular weight is 425 g/mol. The van der Waals surface area contributed by atoms with E-state index >= 15 is 0 Å². The third-order valence-corrected chi connectivity index (χ3v) is 5.40. The van der Waals surface area contributed by atoms with E-state index in [1.54, 1.807) is 6.07 Å². The fraction of sp³-hybridized carbons (Fsp3) is 0.423. The Hall–Kier alpha value is -2.63. The molecule has 2 rings (SSSR count). The first-order valence-electron chi connectivity index (χ1n) is 11.0. The number of aliphatic hydroxyl groups is 1. The van der Waals surface area contributed by atoms with Crippen LogP contribution in [-0.4, -0.2) is 30.3 Å². The number of nitrogens with two attached hydrogens (primary N) is 1. The van der Waals surface area contributed by atoms with Crippen LogP contribution >= 0.6 is 0 Å². The maximum absolute atomic E-state index is 12.7. The summed E-state index contributed by atoms with van der Waals surface area (Å²) in [5.41, 5.74) is 11.9. The van der Waals surface area contributed by atoms with Crippen LogP contribution in [0.3, 0.4) is 0 Å². The van der Waals surface area contributed by atoms with Gasteiger partial charge in [-0.1, -0.05) is 43.3 Å². The fourth-order valence-corrected chi connectivity index (χ4v) is 3.53. The Balaban J connectivity index is 1.99. The molecule has 2 unspecified atom stereocenters. The molecule has 5 heteroatoms. The number of ether oxygens (including phenoxy) is 1. The SMILES string of the molecule is C=C(CC)c1ccc(C(=O)NCC(O)CCc2cc(C)ccc2C(C)N)c(OCC)c1. The van der Waals surface area contributed by atoms with Gasteiger partial charge in [-0.15, -0.1) is 0 Å². The van der Waals surface area contributed by atoms with Crippen LogP contribution in [0.1, 0.15) is 72.3 Å². The summed E-state index contributed by atoms with van der Waals surface area (Å²) in [4.78, 5) is 12.7. The van der Waals surface area contributed by atoms with E-state index in [1.807, 2.05) is 39.8 Å². The van der Waals surface area contributed by atoms with E-state index in [2.05, 4.69) is 30.1 Å². The maximum atomic E-state index is 12.7. The summed E-state index contributed by atoms with van der Waals surface area (Å²) in [5.74, 6) is 0.269. The molecule has 2 aromatic carbocycles. The van der Waals surface area contributed by atoms with Gasteiger partial charge in [-0.25, -0.2) is 0 Å². The van der Waals surface area contributed by atoms with E-state index < -0.39 is 6.10 Å². The summed E-state index contributed by atoms with van der Waals surface area (Å²) < 4.78 is 5.68. The molecule has 0 spiro atoms. The lowest BCUT2D eigenvalue weighted by Crippen LogP contribution is -2.32. The molecule has 0 aliphatic rings. The molecule has 5 nitrogen and oxygen atoms in total. The van der Waals surface area contributed by atoms with Crippen molar-refractivity contribution in [1.29, 1.82) is 0 Å². The molecular formula is C26H36N2O3. The summed E-state index contributed by atoms with van der Waals surface area (Å²) in [7, 11) is 0. The molecule has 0 fully saturated rings. The summed E-state index contributed by atoms with van der Waals surface area (Å²) >= 11 is 0. The van der Waals surface area contributed by atoms with Crippen molar-refractivity contribution in [3.8, 4) is 5.75 Å². The Bertz CT molecular complexity index is 906. The lowest BCUT2D eigenvalue weighted by Gasteiger charge is -2.17. The smallest absolute Gasteiger partial charge is 0.255 e. The standard InChI is InChI=1S/C26H36N2O3/c1-6-18(4)20-10-13-24(25(15-20)31-7-2)26(30)28-16-22(29)11-9-21-14-17(3)8-12-23(21)19(5)27/h8,10,12-15,19,22,29H,4,6-7,9,11,16,27H2,1-3,5H3,(H,28,30). The van der Waals surface area contributed by atoms with Gasteiger partial charge in [0.15, 0.2) is 0 Å². The molecule has 0 saturated carbocycles. The lowest BCUT2D eigenvalue weighted by molar-refractivity contribution is 0.0907. The van der Waals surface area contributed by atoms with Crippen molar-refractivity contribution in [3.63, 3.8) is 0 Å². The molecule has 0 saturated heterocycles. The molecule has 0 aromatic heterocycles. The first-order chi connectivity index (χ1) is 14.8. The van der Waals surface area contributed by atoms with Gasteiger partial charge in [0.1, 0.15) is 5.75 Å². The highest BCUT2D eigenvalue weighted by Gasteiger charge is 2.16. The van der Waals surface area contributed by atoms with Gasteiger partial charge >= 0.3 is 0 Å². The van der Waals surface area contributed by atoms with Crippen molar-refractivity contribution in [1.82, 2.24) is 5.32 Å². The Kier molecular flexibility index (Phi) is 9.28. The monoisotopic (exact) mass is 424 g/mol. The van der Waals surface area contributed by atoms with Crippen molar-refractivity contribution < 1.29 is 14.6 Å². The Labute approximate surface area is 186 Å². The largest absolute Gasteiger partial charge is 0.493 e. The second-order valence-electron chi connectivity index (χ2n) is 7.99. The van der Waals surface area contributed by atoms with E-state index in [1.165, 1.54) is 5.56 Å². The molecule has 2 aromatic rings. The highest BCUT2D eigenvalue weighted by atomic mass is 16.5. The van der Waals surface area contributed by atoms with E-state index in [9.17, 15) is 9.90 Å². The fourth-order valence-electron chi connectivity index (χ4n) is 3.53. The van der Waals surface area contributed by atoms with Crippen LogP contribution in [-0.2, 0) is 6.42 Å². The van der Waals surface area contributed by atoms with Gasteiger partial charge in [-0.05, 0) is 74.4 Å². The van der Waals surface area contributed by atoms with Gasteiger partial charge < -0.3 is 20.9 Å². The molecule has 168 valence electrons. The lowest BCUT2D eigenvalue weighted by atomic mass is 9.95. The first-order valence-corrected chi connectivity index (χ1v) is 11.0. The van der Waals surface area contributed by atoms with Crippen LogP contribution in [0, 0.1) is 6.92 Å². The minimum absolute atomic E-state index is 0.0591. The minimum atomic E-state index is -0.653. The van der Waals surface area contributed by atoms with Gasteiger partial charge in [0, 0.05) is 12.6 Å². The van der Waals surface area contributed by atoms with Crippen LogP contribution in [0.25, 0.3) is 5.57 Å². The average Bonchev–Trinajstić information content (AvgIpc) is 2.75. The topological polar surface area (TPSA) is 84.6 Å². The first kappa shape index (κ1) is 24.6. The predicted molar refractivity (Wildman–Crippen MR) is 127 cm³/mol. The number of hydrogen-bond acceptors (Lipinski definition) is 4. The van der Waals surface area contributed by atoms with E-state index in [-0.39, 0.29) is 18.5 Å². The molecule has 4 N–H and O–H groups in total. The van der Waals surface area contributed by atoms with Crippen molar-refractivity contribution in [2.45, 2.75) is 59.1 Å². The van der Waals surface area contributed by atoms with Crippen molar-refractivity contribution >= 4 is 11.5 Å². The molecule has 31 heavy (non-hydrogen) atoms. The zero-order valence-electron chi connectivity index (χ0n) is 19.2. The quantitative estimate of drug-likeness (QED) is 0.494. The number of hydrogen-bond donors (Lipinski definition) is 3. The maximum Gasteiger partial charge on any atom is 0.255 e. The van der Waals surface area contributed by atoms with E-state index in [4.69, 9.17) is 10.5 Å². The summed E-state index contributed by atoms with van der Waals surface area (Å²) in [5, 5.41) is 13.3. The summed E-state index contributed by atoms with van der Waals surface area (Å²) in [6, 6.07) is 11.7. The van der Waals surface area contributed by atoms with Crippen LogP contribution in [0.2, 0.25) is 0 Å². The second kappa shape index (κ2) is 11.7. The Morgan fingerprint density at radius 3 is 2.61 bits per heavy atom. The van der Waals surface area contributed by atoms with Crippen LogP contribution in [0.4, 0.5) is 0 Å². The highest BCUT2D eigenvalue weighted by Crippen LogP contribution is 2.26. The second-order valence-corrected chi connectivity index (χ2v) is 7.99. The number of benzene rings is 2. The zero-order valence-corrected chi connectivity index (χ0v) is 19.2. The molecule has 1 amide bonds. The number of amides is 1. The van der Waals surface area contributed by atoms with Gasteiger partial charge in [-0.2, -0.15) is 0 Å². The number of carbonyl (C=O) groups is 1. The molecule has 0 heterocycles.